The second kappa shape index (κ2) is 14.7. The molecule has 4 aliphatic rings. The average Bonchev–Trinajstić information content (AvgIpc) is 3.10. The zero-order chi connectivity index (χ0) is 40.1. The fourth-order valence-corrected chi connectivity index (χ4v) is 9.37. The van der Waals surface area contributed by atoms with Gasteiger partial charge in [0.05, 0.1) is 24.7 Å². The largest absolute Gasteiger partial charge is 0.508 e. The number of hydrogen-bond acceptors (Lipinski definition) is 13. The molecule has 55 heavy (non-hydrogen) atoms. The van der Waals surface area contributed by atoms with Gasteiger partial charge in [-0.25, -0.2) is 4.79 Å². The fourth-order valence-electron chi connectivity index (χ4n) is 9.37. The van der Waals surface area contributed by atoms with Gasteiger partial charge in [0.1, 0.15) is 29.7 Å². The van der Waals surface area contributed by atoms with Gasteiger partial charge in [0, 0.05) is 51.0 Å². The molecule has 13 heteroatoms. The molecule has 1 heterocycles. The van der Waals surface area contributed by atoms with Crippen molar-refractivity contribution >= 4 is 35.7 Å². The summed E-state index contributed by atoms with van der Waals surface area (Å²) in [6.45, 7) is 10.0. The van der Waals surface area contributed by atoms with Crippen LogP contribution in [0.1, 0.15) is 72.4 Å². The van der Waals surface area contributed by atoms with Crippen molar-refractivity contribution in [3.05, 3.63) is 82.9 Å². The Kier molecular flexibility index (Phi) is 10.6. The Morgan fingerprint density at radius 2 is 1.56 bits per heavy atom. The number of carbonyl (C=O) groups is 5. The van der Waals surface area contributed by atoms with E-state index in [0.29, 0.717) is 11.1 Å². The topological polar surface area (TPSA) is 181 Å². The summed E-state index contributed by atoms with van der Waals surface area (Å²) >= 11 is 0. The summed E-state index contributed by atoms with van der Waals surface area (Å²) in [6.07, 6.45) is -3.93. The first-order valence-electron chi connectivity index (χ1n) is 18.3. The van der Waals surface area contributed by atoms with Crippen LogP contribution < -0.4 is 0 Å². The van der Waals surface area contributed by atoms with E-state index in [1.54, 1.807) is 39.8 Å². The number of hydrogen-bond donors (Lipinski definition) is 2. The van der Waals surface area contributed by atoms with Gasteiger partial charge in [-0.1, -0.05) is 56.3 Å². The SMILES string of the molecule is CC(=O)O[C@H]1C(=O)[C@]2(C)[C@@H](OC(=O)/C=C/c3ccc(O)cc3)C[C@H]3OC[C@@]3(OC(C)=O)[C@H]2[C@H](OCc2ccccc2)[C@]2(O)C[C@H](OC(C)=O)C(C)=C1C2(C)C. The van der Waals surface area contributed by atoms with Crippen LogP contribution in [0, 0.1) is 16.7 Å². The molecule has 2 N–H and O–H groups in total. The van der Waals surface area contributed by atoms with Gasteiger partial charge in [-0.3, -0.25) is 19.2 Å². The maximum Gasteiger partial charge on any atom is 0.331 e. The van der Waals surface area contributed by atoms with Crippen LogP contribution in [0.15, 0.2) is 71.8 Å². The Labute approximate surface area is 319 Å². The number of phenolic OH excluding ortho intramolecular Hbond substituents is 1. The van der Waals surface area contributed by atoms with Gasteiger partial charge >= 0.3 is 23.9 Å². The Balaban J connectivity index is 1.60. The van der Waals surface area contributed by atoms with Crippen molar-refractivity contribution in [2.24, 2.45) is 16.7 Å². The van der Waals surface area contributed by atoms with Crippen LogP contribution in [0.3, 0.4) is 0 Å². The molecule has 6 rings (SSSR count). The molecule has 3 aliphatic carbocycles. The summed E-state index contributed by atoms with van der Waals surface area (Å²) in [5, 5.41) is 23.2. The molecular formula is C42H48O13. The third-order valence-corrected chi connectivity index (χ3v) is 12.1. The second-order valence-corrected chi connectivity index (χ2v) is 15.7. The Hall–Kier alpha value is -4.85. The van der Waals surface area contributed by atoms with Gasteiger partial charge in [-0.05, 0) is 54.3 Å². The van der Waals surface area contributed by atoms with Crippen LogP contribution in [-0.2, 0) is 59.0 Å². The van der Waals surface area contributed by atoms with Crippen LogP contribution in [0.5, 0.6) is 5.75 Å². The molecule has 13 nitrogen and oxygen atoms in total. The quantitative estimate of drug-likeness (QED) is 0.157. The first kappa shape index (κ1) is 39.8. The number of carbonyl (C=O) groups excluding carboxylic acids is 5. The van der Waals surface area contributed by atoms with Crippen molar-refractivity contribution < 1.29 is 62.6 Å². The molecule has 2 aromatic carbocycles. The molecule has 3 fully saturated rings. The lowest BCUT2D eigenvalue weighted by molar-refractivity contribution is -0.352. The van der Waals surface area contributed by atoms with E-state index in [0.717, 1.165) is 12.5 Å². The average molecular weight is 761 g/mol. The summed E-state index contributed by atoms with van der Waals surface area (Å²) in [4.78, 5) is 67.9. The highest BCUT2D eigenvalue weighted by Crippen LogP contribution is 2.65. The monoisotopic (exact) mass is 760 g/mol. The molecule has 2 aromatic rings. The van der Waals surface area contributed by atoms with E-state index in [1.165, 1.54) is 38.1 Å². The van der Waals surface area contributed by atoms with Crippen molar-refractivity contribution in [1.82, 2.24) is 0 Å². The highest BCUT2D eigenvalue weighted by molar-refractivity contribution is 5.96. The number of aliphatic hydroxyl groups is 1. The lowest BCUT2D eigenvalue weighted by Crippen LogP contribution is -2.82. The smallest absolute Gasteiger partial charge is 0.331 e. The zero-order valence-corrected chi connectivity index (χ0v) is 32.0. The van der Waals surface area contributed by atoms with E-state index >= 15 is 4.79 Å². The lowest BCUT2D eigenvalue weighted by Gasteiger charge is -2.68. The van der Waals surface area contributed by atoms with Crippen LogP contribution in [0.2, 0.25) is 0 Å². The first-order valence-corrected chi connectivity index (χ1v) is 18.3. The molecule has 0 aromatic heterocycles. The second-order valence-electron chi connectivity index (χ2n) is 15.7. The normalized spacial score (nSPS) is 33.6. The van der Waals surface area contributed by atoms with Crippen molar-refractivity contribution in [1.29, 1.82) is 0 Å². The summed E-state index contributed by atoms with van der Waals surface area (Å²) in [5.41, 5.74) is -4.92. The van der Waals surface area contributed by atoms with E-state index in [2.05, 4.69) is 0 Å². The third-order valence-electron chi connectivity index (χ3n) is 12.1. The summed E-state index contributed by atoms with van der Waals surface area (Å²) in [7, 11) is 0. The van der Waals surface area contributed by atoms with Gasteiger partial charge < -0.3 is 38.6 Å². The predicted molar refractivity (Wildman–Crippen MR) is 195 cm³/mol. The molecule has 2 bridgehead atoms. The number of esters is 4. The summed E-state index contributed by atoms with van der Waals surface area (Å²) < 4.78 is 37.0. The Morgan fingerprint density at radius 3 is 2.15 bits per heavy atom. The molecule has 1 aliphatic heterocycles. The molecule has 9 atom stereocenters. The number of ether oxygens (including phenoxy) is 6. The maximum atomic E-state index is 15.7. The summed E-state index contributed by atoms with van der Waals surface area (Å²) in [6, 6.07) is 15.3. The predicted octanol–water partition coefficient (Wildman–Crippen LogP) is 4.55. The molecule has 1 saturated heterocycles. The van der Waals surface area contributed by atoms with E-state index in [1.807, 2.05) is 30.3 Å². The number of phenols is 1. The molecule has 0 radical (unpaired) electrons. The van der Waals surface area contributed by atoms with Crippen LogP contribution in [0.4, 0.5) is 0 Å². The van der Waals surface area contributed by atoms with Crippen LogP contribution >= 0.6 is 0 Å². The van der Waals surface area contributed by atoms with E-state index in [9.17, 15) is 29.4 Å². The molecule has 0 spiro atoms. The Bertz CT molecular complexity index is 1920. The highest BCUT2D eigenvalue weighted by atomic mass is 16.6. The molecule has 2 saturated carbocycles. The van der Waals surface area contributed by atoms with Gasteiger partial charge in [-0.2, -0.15) is 0 Å². The number of fused-ring (bicyclic) bond motifs is 5. The number of ketones is 1. The molecule has 0 unspecified atom stereocenters. The lowest BCUT2D eigenvalue weighted by atomic mass is 9.44. The molecule has 294 valence electrons. The first-order chi connectivity index (χ1) is 25.8. The van der Waals surface area contributed by atoms with Crippen LogP contribution in [0.25, 0.3) is 6.08 Å². The fraction of sp³-hybridized carbons (Fsp3) is 0.500. The van der Waals surface area contributed by atoms with Crippen molar-refractivity contribution in [2.45, 2.75) is 110 Å². The number of Topliss-reactive ketones (excluding diaryl/α,β-unsaturated/α-hetero) is 1. The number of benzene rings is 2. The third kappa shape index (κ3) is 6.87. The molecular weight excluding hydrogens is 712 g/mol. The van der Waals surface area contributed by atoms with Crippen molar-refractivity contribution in [2.75, 3.05) is 6.61 Å². The number of aromatic hydroxyl groups is 1. The molecule has 0 amide bonds. The minimum Gasteiger partial charge on any atom is -0.508 e. The van der Waals surface area contributed by atoms with Gasteiger partial charge in [0.2, 0.25) is 0 Å². The van der Waals surface area contributed by atoms with E-state index in [4.69, 9.17) is 28.4 Å². The van der Waals surface area contributed by atoms with Crippen LogP contribution in [-0.4, -0.2) is 88.2 Å². The van der Waals surface area contributed by atoms with E-state index < -0.39 is 88.1 Å². The maximum absolute atomic E-state index is 15.7. The summed E-state index contributed by atoms with van der Waals surface area (Å²) in [5.74, 6) is -4.86. The van der Waals surface area contributed by atoms with Gasteiger partial charge in [-0.15, -0.1) is 0 Å². The van der Waals surface area contributed by atoms with Gasteiger partial charge in [0.25, 0.3) is 0 Å². The standard InChI is InChI=1S/C42H48O13/c1-23-30(52-24(2)43)20-42(49)38(50-21-28-11-9-8-10-12-28)36-40(7,37(48)35(53-25(3)44)34(23)39(42,5)6)31(19-32-41(36,22-51-32)55-26(4)45)54-33(47)18-15-27-13-16-29(46)17-14-27/h8-18,30-32,35-36,38,46,49H,19-22H2,1-7H3/b18-15+/t30-,31-,32+,35+,36-,38-,40+,41-,42+/m0/s1. The van der Waals surface area contributed by atoms with E-state index in [-0.39, 0.29) is 37.4 Å². The Morgan fingerprint density at radius 1 is 0.909 bits per heavy atom. The minimum atomic E-state index is -2.01. The number of rotatable bonds is 9. The van der Waals surface area contributed by atoms with Crippen molar-refractivity contribution in [3.8, 4) is 5.75 Å². The minimum absolute atomic E-state index is 0.0472. The highest BCUT2D eigenvalue weighted by Gasteiger charge is 2.78. The zero-order valence-electron chi connectivity index (χ0n) is 32.0. The van der Waals surface area contributed by atoms with Gasteiger partial charge in [0.15, 0.2) is 17.5 Å². The van der Waals surface area contributed by atoms with Crippen molar-refractivity contribution in [3.63, 3.8) is 0 Å².